The average Bonchev–Trinajstić information content (AvgIpc) is 3.52. The molecule has 8 aromatic rings. The number of aromatic nitrogens is 2. The highest BCUT2D eigenvalue weighted by molar-refractivity contribution is 6.18. The van der Waals surface area contributed by atoms with Crippen LogP contribution in [-0.4, -0.2) is 9.55 Å². The predicted octanol–water partition coefficient (Wildman–Crippen LogP) is 9.80. The molecule has 0 unspecified atom stereocenters. The van der Waals surface area contributed by atoms with Crippen molar-refractivity contribution in [2.75, 3.05) is 0 Å². The lowest BCUT2D eigenvalue weighted by Gasteiger charge is -2.12. The van der Waals surface area contributed by atoms with E-state index in [1.54, 1.807) is 0 Å². The van der Waals surface area contributed by atoms with Gasteiger partial charge in [-0.2, -0.15) is 0 Å². The molecule has 2 heterocycles. The van der Waals surface area contributed by atoms with Crippen molar-refractivity contribution in [3.63, 3.8) is 0 Å². The number of hydrogen-bond donors (Lipinski definition) is 0. The fourth-order valence-corrected chi connectivity index (χ4v) is 6.69. The number of fused-ring (bicyclic) bond motifs is 8. The smallest absolute Gasteiger partial charge is 0.0620 e. The van der Waals surface area contributed by atoms with Gasteiger partial charge in [0.2, 0.25) is 0 Å². The van der Waals surface area contributed by atoms with Crippen LogP contribution >= 0.6 is 0 Å². The van der Waals surface area contributed by atoms with Crippen LogP contribution in [0.3, 0.4) is 0 Å². The molecular weight excluding hydrogens is 472 g/mol. The van der Waals surface area contributed by atoms with E-state index in [9.17, 15) is 0 Å². The van der Waals surface area contributed by atoms with Crippen molar-refractivity contribution in [1.82, 2.24) is 9.55 Å². The van der Waals surface area contributed by atoms with Crippen molar-refractivity contribution >= 4 is 43.4 Å². The lowest BCUT2D eigenvalue weighted by Crippen LogP contribution is -1.95. The van der Waals surface area contributed by atoms with Crippen LogP contribution < -0.4 is 0 Å². The van der Waals surface area contributed by atoms with E-state index in [0.29, 0.717) is 0 Å². The maximum atomic E-state index is 4.47. The normalized spacial score (nSPS) is 12.1. The van der Waals surface area contributed by atoms with E-state index in [1.807, 2.05) is 12.4 Å². The van der Waals surface area contributed by atoms with Gasteiger partial charge in [0.15, 0.2) is 0 Å². The number of benzene rings is 6. The Hall–Kier alpha value is -5.21. The molecule has 0 saturated heterocycles. The summed E-state index contributed by atoms with van der Waals surface area (Å²) in [6.45, 7) is 0. The molecule has 0 spiro atoms. The molecule has 2 aromatic heterocycles. The van der Waals surface area contributed by atoms with Crippen molar-refractivity contribution in [3.05, 3.63) is 134 Å². The maximum absolute atomic E-state index is 4.47. The summed E-state index contributed by atoms with van der Waals surface area (Å²) in [7, 11) is 0. The van der Waals surface area contributed by atoms with E-state index >= 15 is 0 Å². The molecule has 39 heavy (non-hydrogen) atoms. The Morgan fingerprint density at radius 2 is 1.28 bits per heavy atom. The van der Waals surface area contributed by atoms with Crippen molar-refractivity contribution in [2.45, 2.75) is 0 Å². The van der Waals surface area contributed by atoms with Crippen LogP contribution in [0.4, 0.5) is 0 Å². The summed E-state index contributed by atoms with van der Waals surface area (Å²) in [6.07, 6.45) is 3.88. The highest BCUT2D eigenvalue weighted by atomic mass is 15.0. The van der Waals surface area contributed by atoms with Crippen LogP contribution in [0, 0.1) is 0 Å². The van der Waals surface area contributed by atoms with Gasteiger partial charge in [-0.3, -0.25) is 4.98 Å². The first-order valence-corrected chi connectivity index (χ1v) is 13.4. The molecule has 0 bridgehead atoms. The molecule has 6 aromatic carbocycles. The van der Waals surface area contributed by atoms with Crippen molar-refractivity contribution in [1.29, 1.82) is 0 Å². The Labute approximate surface area is 225 Å². The maximum Gasteiger partial charge on any atom is 0.0620 e. The van der Waals surface area contributed by atoms with E-state index in [2.05, 4.69) is 131 Å². The van der Waals surface area contributed by atoms with E-state index in [4.69, 9.17) is 0 Å². The summed E-state index contributed by atoms with van der Waals surface area (Å²) in [4.78, 5) is 4.47. The van der Waals surface area contributed by atoms with Crippen LogP contribution in [-0.2, 0) is 0 Å². The topological polar surface area (TPSA) is 17.8 Å². The Balaban J connectivity index is 1.28. The fraction of sp³-hybridized carbons (Fsp3) is 0. The largest absolute Gasteiger partial charge is 0.308 e. The quantitative estimate of drug-likeness (QED) is 0.234. The highest BCUT2D eigenvalue weighted by Crippen LogP contribution is 2.48. The molecule has 0 saturated carbocycles. The highest BCUT2D eigenvalue weighted by Gasteiger charge is 2.21. The van der Waals surface area contributed by atoms with Crippen LogP contribution in [0.15, 0.2) is 134 Å². The zero-order chi connectivity index (χ0) is 25.5. The SMILES string of the molecule is c1cc(-c2ccc3c(c2)-c2cccc4cccc-3c24)cc(-n2c3ccncc3c3ccc4ccccc4c32)c1. The summed E-state index contributed by atoms with van der Waals surface area (Å²) < 4.78 is 2.40. The summed E-state index contributed by atoms with van der Waals surface area (Å²) in [5.41, 5.74) is 11.3. The fourth-order valence-electron chi connectivity index (χ4n) is 6.69. The zero-order valence-corrected chi connectivity index (χ0v) is 21.1. The minimum Gasteiger partial charge on any atom is -0.308 e. The van der Waals surface area contributed by atoms with Gasteiger partial charge >= 0.3 is 0 Å². The van der Waals surface area contributed by atoms with Crippen molar-refractivity contribution < 1.29 is 0 Å². The van der Waals surface area contributed by atoms with Gasteiger partial charge in [-0.15, -0.1) is 0 Å². The van der Waals surface area contributed by atoms with Gasteiger partial charge in [0.05, 0.1) is 11.0 Å². The minimum absolute atomic E-state index is 1.15. The molecule has 2 nitrogen and oxygen atoms in total. The van der Waals surface area contributed by atoms with Gasteiger partial charge < -0.3 is 4.57 Å². The van der Waals surface area contributed by atoms with Crippen LogP contribution in [0.2, 0.25) is 0 Å². The van der Waals surface area contributed by atoms with Crippen molar-refractivity contribution in [2.24, 2.45) is 0 Å². The van der Waals surface area contributed by atoms with Crippen molar-refractivity contribution in [3.8, 4) is 39.1 Å². The number of hydrogen-bond acceptors (Lipinski definition) is 1. The number of nitrogens with zero attached hydrogens (tertiary/aromatic N) is 2. The first-order valence-electron chi connectivity index (χ1n) is 13.4. The molecule has 0 amide bonds. The Morgan fingerprint density at radius 1 is 0.487 bits per heavy atom. The van der Waals surface area contributed by atoms with E-state index in [-0.39, 0.29) is 0 Å². The summed E-state index contributed by atoms with van der Waals surface area (Å²) in [5, 5.41) is 7.56. The molecule has 0 N–H and O–H groups in total. The third-order valence-corrected chi connectivity index (χ3v) is 8.40. The van der Waals surface area contributed by atoms with Gasteiger partial charge in [-0.25, -0.2) is 0 Å². The predicted molar refractivity (Wildman–Crippen MR) is 163 cm³/mol. The third-order valence-electron chi connectivity index (χ3n) is 8.40. The lowest BCUT2D eigenvalue weighted by molar-refractivity contribution is 1.18. The van der Waals surface area contributed by atoms with Crippen LogP contribution in [0.25, 0.3) is 82.4 Å². The molecule has 1 aliphatic rings. The summed E-state index contributed by atoms with van der Waals surface area (Å²) >= 11 is 0. The molecule has 9 rings (SSSR count). The van der Waals surface area contributed by atoms with E-state index in [0.717, 1.165) is 5.69 Å². The second-order valence-corrected chi connectivity index (χ2v) is 10.4. The number of rotatable bonds is 2. The minimum atomic E-state index is 1.15. The molecule has 0 atom stereocenters. The summed E-state index contributed by atoms with van der Waals surface area (Å²) in [6, 6.07) is 44.4. The Kier molecular flexibility index (Phi) is 4.08. The molecule has 2 heteroatoms. The molecule has 0 fully saturated rings. The Bertz CT molecular complexity index is 2280. The molecule has 1 aliphatic carbocycles. The zero-order valence-electron chi connectivity index (χ0n) is 21.1. The first-order chi connectivity index (χ1) is 19.3. The third kappa shape index (κ3) is 2.83. The lowest BCUT2D eigenvalue weighted by atomic mass is 9.97. The molecule has 0 aliphatic heterocycles. The van der Waals surface area contributed by atoms with E-state index < -0.39 is 0 Å². The molecular formula is C37H22N2. The first kappa shape index (κ1) is 20.8. The van der Waals surface area contributed by atoms with Gasteiger partial charge in [0.25, 0.3) is 0 Å². The Morgan fingerprint density at radius 3 is 2.21 bits per heavy atom. The monoisotopic (exact) mass is 494 g/mol. The second-order valence-electron chi connectivity index (χ2n) is 10.4. The average molecular weight is 495 g/mol. The molecule has 180 valence electrons. The van der Waals surface area contributed by atoms with Gasteiger partial charge in [-0.1, -0.05) is 97.1 Å². The standard InChI is InChI=1S/C37H22N2/c1-2-11-28-23(6-1)14-17-32-34-22-38-19-18-35(34)39(37(28)32)27-10-3-9-25(20-27)26-15-16-29-30-12-4-7-24-8-5-13-31(36(24)30)33(29)21-26/h1-22H. The van der Waals surface area contributed by atoms with Gasteiger partial charge in [0.1, 0.15) is 0 Å². The number of pyridine rings is 1. The van der Waals surface area contributed by atoms with Crippen LogP contribution in [0.5, 0.6) is 0 Å². The molecule has 0 radical (unpaired) electrons. The van der Waals surface area contributed by atoms with Gasteiger partial charge in [0, 0.05) is 34.2 Å². The summed E-state index contributed by atoms with van der Waals surface area (Å²) in [5.74, 6) is 0. The van der Waals surface area contributed by atoms with Crippen LogP contribution in [0.1, 0.15) is 0 Å². The van der Waals surface area contributed by atoms with Gasteiger partial charge in [-0.05, 0) is 73.8 Å². The van der Waals surface area contributed by atoms with E-state index in [1.165, 1.54) is 76.7 Å². The second kappa shape index (κ2) is 7.66.